The molecule has 1 saturated carbocycles. The summed E-state index contributed by atoms with van der Waals surface area (Å²) in [6.45, 7) is 8.88. The van der Waals surface area contributed by atoms with E-state index in [2.05, 4.69) is 26.1 Å². The van der Waals surface area contributed by atoms with Crippen LogP contribution in [0.5, 0.6) is 0 Å². The molecule has 0 saturated heterocycles. The van der Waals surface area contributed by atoms with Crippen LogP contribution in [0.15, 0.2) is 0 Å². The number of fused-ring (bicyclic) bond motifs is 1. The monoisotopic (exact) mass is 273 g/mol. The van der Waals surface area contributed by atoms with Gasteiger partial charge in [0.1, 0.15) is 5.82 Å². The van der Waals surface area contributed by atoms with E-state index in [0.717, 1.165) is 31.3 Å². The van der Waals surface area contributed by atoms with Gasteiger partial charge in [0.25, 0.3) is 0 Å². The fourth-order valence-corrected chi connectivity index (χ4v) is 3.74. The van der Waals surface area contributed by atoms with Crippen LogP contribution in [0.25, 0.3) is 0 Å². The van der Waals surface area contributed by atoms with Gasteiger partial charge in [0.2, 0.25) is 0 Å². The molecule has 2 unspecified atom stereocenters. The molecular formula is C17H27N3. The van der Waals surface area contributed by atoms with E-state index in [1.807, 2.05) is 0 Å². The average molecular weight is 273 g/mol. The van der Waals surface area contributed by atoms with Crippen molar-refractivity contribution in [2.24, 2.45) is 5.92 Å². The number of hydrogen-bond acceptors (Lipinski definition) is 3. The molecule has 20 heavy (non-hydrogen) atoms. The van der Waals surface area contributed by atoms with Gasteiger partial charge in [-0.1, -0.05) is 33.6 Å². The Balaban J connectivity index is 1.97. The maximum atomic E-state index is 5.00. The normalized spacial score (nSPS) is 26.6. The Morgan fingerprint density at radius 2 is 2.05 bits per heavy atom. The molecule has 0 amide bonds. The summed E-state index contributed by atoms with van der Waals surface area (Å²) in [5.41, 5.74) is 4.00. The minimum atomic E-state index is 0.504. The summed E-state index contributed by atoms with van der Waals surface area (Å²) in [5, 5.41) is 3.46. The molecular weight excluding hydrogens is 246 g/mol. The summed E-state index contributed by atoms with van der Waals surface area (Å²) in [6, 6.07) is 0. The molecule has 2 aliphatic rings. The summed E-state index contributed by atoms with van der Waals surface area (Å²) < 4.78 is 0. The van der Waals surface area contributed by atoms with Crippen molar-refractivity contribution in [2.45, 2.75) is 71.3 Å². The number of rotatable bonds is 2. The maximum absolute atomic E-state index is 5.00. The van der Waals surface area contributed by atoms with E-state index >= 15 is 0 Å². The highest BCUT2D eigenvalue weighted by atomic mass is 15.0. The summed E-state index contributed by atoms with van der Waals surface area (Å²) in [6.07, 6.45) is 6.34. The Labute approximate surface area is 122 Å². The number of nitrogens with one attached hydrogen (secondary N) is 1. The first-order valence-electron chi connectivity index (χ1n) is 8.25. The fraction of sp³-hybridized carbons (Fsp3) is 0.765. The minimum Gasteiger partial charge on any atom is -0.311 e. The van der Waals surface area contributed by atoms with Crippen LogP contribution in [0, 0.1) is 5.92 Å². The highest BCUT2D eigenvalue weighted by Gasteiger charge is 2.26. The molecule has 3 nitrogen and oxygen atoms in total. The number of aromatic nitrogens is 2. The van der Waals surface area contributed by atoms with Gasteiger partial charge in [0.15, 0.2) is 0 Å². The highest BCUT2D eigenvalue weighted by Crippen LogP contribution is 2.35. The molecule has 0 radical (unpaired) electrons. The molecule has 0 aromatic carbocycles. The first-order valence-corrected chi connectivity index (χ1v) is 8.25. The van der Waals surface area contributed by atoms with E-state index in [1.54, 1.807) is 0 Å². The molecule has 1 fully saturated rings. The lowest BCUT2D eigenvalue weighted by atomic mass is 9.81. The van der Waals surface area contributed by atoms with Gasteiger partial charge in [-0.25, -0.2) is 9.97 Å². The molecule has 1 aromatic heterocycles. The topological polar surface area (TPSA) is 37.8 Å². The van der Waals surface area contributed by atoms with Gasteiger partial charge in [-0.2, -0.15) is 0 Å². The third-order valence-electron chi connectivity index (χ3n) is 4.83. The van der Waals surface area contributed by atoms with Crippen molar-refractivity contribution in [1.29, 1.82) is 0 Å². The van der Waals surface area contributed by atoms with Crippen LogP contribution in [0.4, 0.5) is 0 Å². The molecule has 3 heteroatoms. The molecule has 0 spiro atoms. The zero-order chi connectivity index (χ0) is 14.1. The molecule has 1 N–H and O–H groups in total. The van der Waals surface area contributed by atoms with Crippen LogP contribution in [0.2, 0.25) is 0 Å². The van der Waals surface area contributed by atoms with Crippen LogP contribution in [-0.4, -0.2) is 16.5 Å². The van der Waals surface area contributed by atoms with Crippen molar-refractivity contribution in [2.75, 3.05) is 6.54 Å². The Morgan fingerprint density at radius 3 is 2.80 bits per heavy atom. The van der Waals surface area contributed by atoms with Crippen LogP contribution in [0.1, 0.15) is 81.1 Å². The van der Waals surface area contributed by atoms with Gasteiger partial charge < -0.3 is 5.32 Å². The highest BCUT2D eigenvalue weighted by molar-refractivity contribution is 5.31. The Morgan fingerprint density at radius 1 is 1.20 bits per heavy atom. The van der Waals surface area contributed by atoms with E-state index in [1.165, 1.54) is 42.6 Å². The van der Waals surface area contributed by atoms with Crippen LogP contribution in [0.3, 0.4) is 0 Å². The van der Waals surface area contributed by atoms with Crippen molar-refractivity contribution in [3.05, 3.63) is 22.8 Å². The SMILES string of the molecule is CC1CCCC(c2nc3c(c(C(C)C)n2)CCNC3)C1. The van der Waals surface area contributed by atoms with Gasteiger partial charge in [-0.3, -0.25) is 0 Å². The summed E-state index contributed by atoms with van der Waals surface area (Å²) >= 11 is 0. The quantitative estimate of drug-likeness (QED) is 0.895. The van der Waals surface area contributed by atoms with Crippen LogP contribution in [-0.2, 0) is 13.0 Å². The molecule has 3 rings (SSSR count). The standard InChI is InChI=1S/C17H27N3/c1-11(2)16-14-7-8-18-10-15(14)19-17(20-16)13-6-4-5-12(3)9-13/h11-13,18H,4-10H2,1-3H3. The molecule has 1 aliphatic heterocycles. The average Bonchev–Trinajstić information content (AvgIpc) is 2.46. The molecule has 110 valence electrons. The molecule has 0 bridgehead atoms. The maximum Gasteiger partial charge on any atom is 0.132 e. The van der Waals surface area contributed by atoms with E-state index in [9.17, 15) is 0 Å². The zero-order valence-electron chi connectivity index (χ0n) is 13.1. The Bertz CT molecular complexity index is 481. The smallest absolute Gasteiger partial charge is 0.132 e. The predicted molar refractivity (Wildman–Crippen MR) is 81.9 cm³/mol. The predicted octanol–water partition coefficient (Wildman–Crippen LogP) is 3.54. The molecule has 1 aromatic rings. The van der Waals surface area contributed by atoms with Gasteiger partial charge in [-0.15, -0.1) is 0 Å². The van der Waals surface area contributed by atoms with Crippen molar-refractivity contribution >= 4 is 0 Å². The second-order valence-corrected chi connectivity index (χ2v) is 6.94. The van der Waals surface area contributed by atoms with E-state index < -0.39 is 0 Å². The summed E-state index contributed by atoms with van der Waals surface area (Å²) in [4.78, 5) is 9.95. The van der Waals surface area contributed by atoms with Crippen molar-refractivity contribution in [1.82, 2.24) is 15.3 Å². The first kappa shape index (κ1) is 14.0. The lowest BCUT2D eigenvalue weighted by molar-refractivity contribution is 0.333. The van der Waals surface area contributed by atoms with E-state index in [-0.39, 0.29) is 0 Å². The Kier molecular flexibility index (Phi) is 4.06. The molecule has 1 aliphatic carbocycles. The lowest BCUT2D eigenvalue weighted by Gasteiger charge is -2.28. The van der Waals surface area contributed by atoms with Gasteiger partial charge >= 0.3 is 0 Å². The second-order valence-electron chi connectivity index (χ2n) is 6.94. The van der Waals surface area contributed by atoms with E-state index in [4.69, 9.17) is 9.97 Å². The third-order valence-corrected chi connectivity index (χ3v) is 4.83. The lowest BCUT2D eigenvalue weighted by Crippen LogP contribution is -2.28. The first-order chi connectivity index (χ1) is 9.65. The van der Waals surface area contributed by atoms with Crippen molar-refractivity contribution in [3.8, 4) is 0 Å². The molecule has 2 atom stereocenters. The largest absolute Gasteiger partial charge is 0.311 e. The van der Waals surface area contributed by atoms with Crippen LogP contribution >= 0.6 is 0 Å². The zero-order valence-corrected chi connectivity index (χ0v) is 13.1. The number of nitrogens with zero attached hydrogens (tertiary/aromatic N) is 2. The fourth-order valence-electron chi connectivity index (χ4n) is 3.74. The van der Waals surface area contributed by atoms with Crippen molar-refractivity contribution in [3.63, 3.8) is 0 Å². The van der Waals surface area contributed by atoms with Crippen LogP contribution < -0.4 is 5.32 Å². The molecule has 2 heterocycles. The van der Waals surface area contributed by atoms with Gasteiger partial charge in [0, 0.05) is 12.5 Å². The van der Waals surface area contributed by atoms with Gasteiger partial charge in [-0.05, 0) is 43.2 Å². The van der Waals surface area contributed by atoms with Crippen molar-refractivity contribution < 1.29 is 0 Å². The second kappa shape index (κ2) is 5.80. The minimum absolute atomic E-state index is 0.504. The number of hydrogen-bond donors (Lipinski definition) is 1. The Hall–Kier alpha value is -0.960. The van der Waals surface area contributed by atoms with Gasteiger partial charge in [0.05, 0.1) is 11.4 Å². The van der Waals surface area contributed by atoms with E-state index in [0.29, 0.717) is 11.8 Å². The summed E-state index contributed by atoms with van der Waals surface area (Å²) in [5.74, 6) is 3.05. The third kappa shape index (κ3) is 2.73. The summed E-state index contributed by atoms with van der Waals surface area (Å²) in [7, 11) is 0.